The minimum absolute atomic E-state index is 0.203. The molecule has 0 unspecified atom stereocenters. The van der Waals surface area contributed by atoms with Gasteiger partial charge in [0.25, 0.3) is 0 Å². The molecule has 1 heterocycles. The van der Waals surface area contributed by atoms with Gasteiger partial charge in [0, 0.05) is 16.6 Å². The molecule has 1 aromatic carbocycles. The average Bonchev–Trinajstić information content (AvgIpc) is 3.20. The molecule has 0 aliphatic carbocycles. The molecule has 0 fully saturated rings. The first-order valence-corrected chi connectivity index (χ1v) is 13.0. The number of fused-ring (bicyclic) bond motifs is 1. The van der Waals surface area contributed by atoms with E-state index in [2.05, 4.69) is 24.9 Å². The van der Waals surface area contributed by atoms with E-state index in [1.54, 1.807) is 0 Å². The highest BCUT2D eigenvalue weighted by Gasteiger charge is 2.13. The smallest absolute Gasteiger partial charge is 0.338 e. The second-order valence-electron chi connectivity index (χ2n) is 9.04. The van der Waals surface area contributed by atoms with Crippen molar-refractivity contribution in [2.45, 2.75) is 117 Å². The second-order valence-corrected chi connectivity index (χ2v) is 9.04. The maximum Gasteiger partial charge on any atom is 0.338 e. The number of benzene rings is 1. The Kier molecular flexibility index (Phi) is 13.1. The molecule has 174 valence electrons. The predicted molar refractivity (Wildman–Crippen MR) is 133 cm³/mol. The summed E-state index contributed by atoms with van der Waals surface area (Å²) in [5, 5.41) is 0.994. The number of hydrogen-bond acceptors (Lipinski definition) is 2. The topological polar surface area (TPSA) is 42.1 Å². The predicted octanol–water partition coefficient (Wildman–Crippen LogP) is 8.76. The van der Waals surface area contributed by atoms with Gasteiger partial charge in [-0.3, -0.25) is 0 Å². The zero-order chi connectivity index (χ0) is 22.2. The fourth-order valence-corrected chi connectivity index (χ4v) is 4.25. The van der Waals surface area contributed by atoms with E-state index in [4.69, 9.17) is 4.74 Å². The van der Waals surface area contributed by atoms with Gasteiger partial charge in [-0.25, -0.2) is 4.79 Å². The molecule has 31 heavy (non-hydrogen) atoms. The van der Waals surface area contributed by atoms with Gasteiger partial charge in [0.05, 0.1) is 12.2 Å². The van der Waals surface area contributed by atoms with Crippen LogP contribution in [0.2, 0.25) is 0 Å². The van der Waals surface area contributed by atoms with Gasteiger partial charge >= 0.3 is 5.97 Å². The Bertz CT molecular complexity index is 734. The van der Waals surface area contributed by atoms with Gasteiger partial charge in [-0.1, -0.05) is 103 Å². The van der Waals surface area contributed by atoms with Crippen LogP contribution in [0.1, 0.15) is 126 Å². The SMILES string of the molecule is CCCCCCCCCCCCCCCc1cc2c(C(=O)OCCCC)cccc2[nH]1. The van der Waals surface area contributed by atoms with Gasteiger partial charge in [-0.05, 0) is 37.5 Å². The minimum atomic E-state index is -0.203. The second kappa shape index (κ2) is 15.9. The van der Waals surface area contributed by atoms with E-state index in [0.29, 0.717) is 12.2 Å². The molecule has 0 saturated heterocycles. The third-order valence-electron chi connectivity index (χ3n) is 6.22. The van der Waals surface area contributed by atoms with Crippen LogP contribution < -0.4 is 0 Å². The zero-order valence-corrected chi connectivity index (χ0v) is 20.1. The summed E-state index contributed by atoms with van der Waals surface area (Å²) >= 11 is 0. The molecule has 0 amide bonds. The van der Waals surface area contributed by atoms with Crippen molar-refractivity contribution in [3.8, 4) is 0 Å². The van der Waals surface area contributed by atoms with Crippen molar-refractivity contribution in [1.29, 1.82) is 0 Å². The molecule has 1 N–H and O–H groups in total. The Morgan fingerprint density at radius 1 is 0.774 bits per heavy atom. The van der Waals surface area contributed by atoms with Crippen molar-refractivity contribution < 1.29 is 9.53 Å². The van der Waals surface area contributed by atoms with Crippen molar-refractivity contribution in [3.05, 3.63) is 35.5 Å². The average molecular weight is 428 g/mol. The third-order valence-corrected chi connectivity index (χ3v) is 6.22. The lowest BCUT2D eigenvalue weighted by molar-refractivity contribution is 0.0502. The molecular formula is C28H45NO2. The van der Waals surface area contributed by atoms with Gasteiger partial charge in [0.2, 0.25) is 0 Å². The number of aryl methyl sites for hydroxylation is 1. The van der Waals surface area contributed by atoms with E-state index >= 15 is 0 Å². The van der Waals surface area contributed by atoms with E-state index in [1.165, 1.54) is 89.2 Å². The number of carbonyl (C=O) groups excluding carboxylic acids is 1. The van der Waals surface area contributed by atoms with Crippen LogP contribution in [0.25, 0.3) is 10.9 Å². The number of esters is 1. The van der Waals surface area contributed by atoms with E-state index in [0.717, 1.165) is 30.2 Å². The van der Waals surface area contributed by atoms with Crippen LogP contribution in [0.4, 0.5) is 0 Å². The lowest BCUT2D eigenvalue weighted by Crippen LogP contribution is -2.06. The first kappa shape index (κ1) is 25.5. The Morgan fingerprint density at radius 2 is 1.35 bits per heavy atom. The number of H-pyrrole nitrogens is 1. The summed E-state index contributed by atoms with van der Waals surface area (Å²) in [4.78, 5) is 15.9. The fraction of sp³-hybridized carbons (Fsp3) is 0.679. The maximum atomic E-state index is 12.4. The molecule has 3 heteroatoms. The molecule has 2 rings (SSSR count). The van der Waals surface area contributed by atoms with Crippen LogP contribution in [0.5, 0.6) is 0 Å². The number of carbonyl (C=O) groups is 1. The molecule has 0 aliphatic rings. The van der Waals surface area contributed by atoms with Crippen molar-refractivity contribution in [1.82, 2.24) is 4.98 Å². The Hall–Kier alpha value is -1.77. The van der Waals surface area contributed by atoms with Gasteiger partial charge in [-0.2, -0.15) is 0 Å². The molecule has 0 bridgehead atoms. The summed E-state index contributed by atoms with van der Waals surface area (Å²) in [6, 6.07) is 8.00. The van der Waals surface area contributed by atoms with Gasteiger partial charge in [0.1, 0.15) is 0 Å². The zero-order valence-electron chi connectivity index (χ0n) is 20.1. The number of aromatic nitrogens is 1. The summed E-state index contributed by atoms with van der Waals surface area (Å²) in [6.07, 6.45) is 20.9. The Labute approximate surface area is 190 Å². The molecular weight excluding hydrogens is 382 g/mol. The standard InChI is InChI=1S/C28H45NO2/c1-3-5-7-8-9-10-11-12-13-14-15-16-17-19-24-23-26-25(20-18-21-27(26)29-24)28(30)31-22-6-4-2/h18,20-21,23,29H,3-17,19,22H2,1-2H3. The van der Waals surface area contributed by atoms with Crippen molar-refractivity contribution in [2.24, 2.45) is 0 Å². The summed E-state index contributed by atoms with van der Waals surface area (Å²) in [7, 11) is 0. The fourth-order valence-electron chi connectivity index (χ4n) is 4.25. The van der Waals surface area contributed by atoms with Crippen LogP contribution in [-0.2, 0) is 11.2 Å². The summed E-state index contributed by atoms with van der Waals surface area (Å²) in [5.41, 5.74) is 2.95. The molecule has 0 saturated carbocycles. The summed E-state index contributed by atoms with van der Waals surface area (Å²) < 4.78 is 5.42. The van der Waals surface area contributed by atoms with Crippen LogP contribution in [0, 0.1) is 0 Å². The highest BCUT2D eigenvalue weighted by atomic mass is 16.5. The van der Waals surface area contributed by atoms with Gasteiger partial charge in [-0.15, -0.1) is 0 Å². The molecule has 0 aliphatic heterocycles. The van der Waals surface area contributed by atoms with Crippen molar-refractivity contribution in [2.75, 3.05) is 6.61 Å². The van der Waals surface area contributed by atoms with E-state index in [-0.39, 0.29) is 5.97 Å². The minimum Gasteiger partial charge on any atom is -0.462 e. The molecule has 0 atom stereocenters. The summed E-state index contributed by atoms with van der Waals surface area (Å²) in [6.45, 7) is 4.88. The highest BCUT2D eigenvalue weighted by Crippen LogP contribution is 2.22. The number of aromatic amines is 1. The number of hydrogen-bond donors (Lipinski definition) is 1. The van der Waals surface area contributed by atoms with Crippen LogP contribution in [0.3, 0.4) is 0 Å². The monoisotopic (exact) mass is 427 g/mol. The Balaban J connectivity index is 1.60. The number of unbranched alkanes of at least 4 members (excludes halogenated alkanes) is 13. The Morgan fingerprint density at radius 3 is 1.97 bits per heavy atom. The van der Waals surface area contributed by atoms with Crippen molar-refractivity contribution >= 4 is 16.9 Å². The molecule has 3 nitrogen and oxygen atoms in total. The molecule has 1 aromatic heterocycles. The van der Waals surface area contributed by atoms with E-state index in [9.17, 15) is 4.79 Å². The molecule has 0 spiro atoms. The quantitative estimate of drug-likeness (QED) is 0.191. The van der Waals surface area contributed by atoms with Crippen LogP contribution in [0.15, 0.2) is 24.3 Å². The van der Waals surface area contributed by atoms with Crippen LogP contribution in [-0.4, -0.2) is 17.6 Å². The third kappa shape index (κ3) is 9.93. The normalized spacial score (nSPS) is 11.3. The lowest BCUT2D eigenvalue weighted by Gasteiger charge is -2.04. The molecule has 2 aromatic rings. The van der Waals surface area contributed by atoms with E-state index in [1.807, 2.05) is 18.2 Å². The maximum absolute atomic E-state index is 12.4. The first-order chi connectivity index (χ1) is 15.3. The summed E-state index contributed by atoms with van der Waals surface area (Å²) in [5.74, 6) is -0.203. The lowest BCUT2D eigenvalue weighted by atomic mass is 10.0. The molecule has 0 radical (unpaired) electrons. The number of rotatable bonds is 18. The first-order valence-electron chi connectivity index (χ1n) is 13.0. The van der Waals surface area contributed by atoms with Crippen molar-refractivity contribution in [3.63, 3.8) is 0 Å². The van der Waals surface area contributed by atoms with Crippen LogP contribution >= 0.6 is 0 Å². The largest absolute Gasteiger partial charge is 0.462 e. The highest BCUT2D eigenvalue weighted by molar-refractivity contribution is 6.04. The van der Waals surface area contributed by atoms with Gasteiger partial charge in [0.15, 0.2) is 0 Å². The number of ether oxygens (including phenoxy) is 1. The van der Waals surface area contributed by atoms with E-state index < -0.39 is 0 Å². The number of nitrogens with one attached hydrogen (secondary N) is 1. The van der Waals surface area contributed by atoms with Gasteiger partial charge < -0.3 is 9.72 Å².